The van der Waals surface area contributed by atoms with Gasteiger partial charge in [-0.3, -0.25) is 9.59 Å². The van der Waals surface area contributed by atoms with Crippen LogP contribution in [0.2, 0.25) is 0 Å². The Morgan fingerprint density at radius 2 is 2.22 bits per heavy atom. The standard InChI is InChI=1S/C18H26N2O3/c1-13(2)19-18(22)16-6-4-5-14(10-16)9-15-11-17(21)20(12-15)7-8-23-3/h4-6,10,13,15H,7-9,11-12H2,1-3H3,(H,19,22)/t15-/m1/s1. The van der Waals surface area contributed by atoms with Crippen LogP contribution in [0.15, 0.2) is 24.3 Å². The van der Waals surface area contributed by atoms with E-state index in [1.165, 1.54) is 0 Å². The van der Waals surface area contributed by atoms with Crippen LogP contribution in [0.1, 0.15) is 36.2 Å². The molecule has 1 aliphatic rings. The zero-order valence-electron chi connectivity index (χ0n) is 14.2. The molecule has 2 amide bonds. The van der Waals surface area contributed by atoms with E-state index >= 15 is 0 Å². The Hall–Kier alpha value is -1.88. The van der Waals surface area contributed by atoms with E-state index in [0.717, 1.165) is 18.5 Å². The minimum absolute atomic E-state index is 0.0499. The maximum atomic E-state index is 12.1. The summed E-state index contributed by atoms with van der Waals surface area (Å²) in [5.41, 5.74) is 1.78. The first-order valence-electron chi connectivity index (χ1n) is 8.16. The molecule has 0 unspecified atom stereocenters. The van der Waals surface area contributed by atoms with Crippen molar-refractivity contribution in [3.05, 3.63) is 35.4 Å². The van der Waals surface area contributed by atoms with Gasteiger partial charge in [-0.2, -0.15) is 0 Å². The quantitative estimate of drug-likeness (QED) is 0.835. The molecule has 1 aromatic rings. The Kier molecular flexibility index (Phi) is 6.16. The van der Waals surface area contributed by atoms with E-state index in [4.69, 9.17) is 4.74 Å². The highest BCUT2D eigenvalue weighted by Crippen LogP contribution is 2.22. The van der Waals surface area contributed by atoms with Gasteiger partial charge in [-0.25, -0.2) is 0 Å². The van der Waals surface area contributed by atoms with Crippen molar-refractivity contribution in [3.63, 3.8) is 0 Å². The van der Waals surface area contributed by atoms with Gasteiger partial charge in [-0.05, 0) is 43.9 Å². The molecule has 5 nitrogen and oxygen atoms in total. The topological polar surface area (TPSA) is 58.6 Å². The molecule has 1 heterocycles. The zero-order chi connectivity index (χ0) is 16.8. The van der Waals surface area contributed by atoms with Crippen LogP contribution in [-0.2, 0) is 16.0 Å². The van der Waals surface area contributed by atoms with Gasteiger partial charge in [0.15, 0.2) is 0 Å². The Bertz CT molecular complexity index is 557. The molecular weight excluding hydrogens is 292 g/mol. The van der Waals surface area contributed by atoms with Crippen LogP contribution >= 0.6 is 0 Å². The van der Waals surface area contributed by atoms with Crippen LogP contribution < -0.4 is 5.32 Å². The van der Waals surface area contributed by atoms with E-state index in [2.05, 4.69) is 5.32 Å². The Labute approximate surface area is 138 Å². The summed E-state index contributed by atoms with van der Waals surface area (Å²) in [6, 6.07) is 7.80. The number of ether oxygens (including phenoxy) is 1. The number of nitrogens with zero attached hydrogens (tertiary/aromatic N) is 1. The van der Waals surface area contributed by atoms with Crippen LogP contribution in [0, 0.1) is 5.92 Å². The maximum Gasteiger partial charge on any atom is 0.251 e. The van der Waals surface area contributed by atoms with Crippen molar-refractivity contribution in [2.75, 3.05) is 26.8 Å². The minimum Gasteiger partial charge on any atom is -0.383 e. The summed E-state index contributed by atoms with van der Waals surface area (Å²) in [6.45, 7) is 5.89. The molecule has 1 N–H and O–H groups in total. The average molecular weight is 318 g/mol. The molecule has 1 aromatic carbocycles. The molecular formula is C18H26N2O3. The van der Waals surface area contributed by atoms with E-state index in [1.807, 2.05) is 43.0 Å². The summed E-state index contributed by atoms with van der Waals surface area (Å²) in [7, 11) is 1.64. The van der Waals surface area contributed by atoms with E-state index in [1.54, 1.807) is 7.11 Å². The predicted octanol–water partition coefficient (Wildman–Crippen LogP) is 1.86. The molecule has 2 rings (SSSR count). The molecule has 0 spiro atoms. The molecule has 23 heavy (non-hydrogen) atoms. The molecule has 1 saturated heterocycles. The second kappa shape index (κ2) is 8.11. The van der Waals surface area contributed by atoms with Crippen molar-refractivity contribution in [1.82, 2.24) is 10.2 Å². The second-order valence-corrected chi connectivity index (χ2v) is 6.44. The summed E-state index contributed by atoms with van der Waals surface area (Å²) < 4.78 is 5.04. The number of carbonyl (C=O) groups excluding carboxylic acids is 2. The third kappa shape index (κ3) is 5.06. The number of hydrogen-bond acceptors (Lipinski definition) is 3. The van der Waals surface area contributed by atoms with Crippen molar-refractivity contribution < 1.29 is 14.3 Å². The molecule has 0 saturated carbocycles. The zero-order valence-corrected chi connectivity index (χ0v) is 14.2. The first kappa shape index (κ1) is 17.5. The van der Waals surface area contributed by atoms with Crippen LogP contribution in [0.3, 0.4) is 0 Å². The summed E-state index contributed by atoms with van der Waals surface area (Å²) in [5.74, 6) is 0.453. The van der Waals surface area contributed by atoms with Gasteiger partial charge in [-0.15, -0.1) is 0 Å². The molecule has 0 aromatic heterocycles. The number of methoxy groups -OCH3 is 1. The van der Waals surface area contributed by atoms with Crippen molar-refractivity contribution in [2.24, 2.45) is 5.92 Å². The largest absolute Gasteiger partial charge is 0.383 e. The Balaban J connectivity index is 1.96. The number of rotatable bonds is 7. The van der Waals surface area contributed by atoms with Gasteiger partial charge in [0, 0.05) is 38.2 Å². The van der Waals surface area contributed by atoms with Gasteiger partial charge in [-0.1, -0.05) is 12.1 Å². The van der Waals surface area contributed by atoms with Gasteiger partial charge in [0.1, 0.15) is 0 Å². The number of likely N-dealkylation sites (tertiary alicyclic amines) is 1. The third-order valence-corrected chi connectivity index (χ3v) is 3.99. The Morgan fingerprint density at radius 3 is 2.91 bits per heavy atom. The van der Waals surface area contributed by atoms with Crippen molar-refractivity contribution in [1.29, 1.82) is 0 Å². The van der Waals surface area contributed by atoms with E-state index in [9.17, 15) is 9.59 Å². The van der Waals surface area contributed by atoms with Gasteiger partial charge >= 0.3 is 0 Å². The molecule has 0 radical (unpaired) electrons. The summed E-state index contributed by atoms with van der Waals surface area (Å²) in [4.78, 5) is 25.9. The average Bonchev–Trinajstić information content (AvgIpc) is 2.84. The Morgan fingerprint density at radius 1 is 1.43 bits per heavy atom. The van der Waals surface area contributed by atoms with Crippen LogP contribution in [0.25, 0.3) is 0 Å². The molecule has 1 atom stereocenters. The molecule has 0 aliphatic carbocycles. The highest BCUT2D eigenvalue weighted by Gasteiger charge is 2.29. The maximum absolute atomic E-state index is 12.1. The third-order valence-electron chi connectivity index (χ3n) is 3.99. The molecule has 126 valence electrons. The highest BCUT2D eigenvalue weighted by atomic mass is 16.5. The fourth-order valence-electron chi connectivity index (χ4n) is 2.93. The van der Waals surface area contributed by atoms with Gasteiger partial charge in [0.2, 0.25) is 5.91 Å². The van der Waals surface area contributed by atoms with Crippen LogP contribution in [-0.4, -0.2) is 49.6 Å². The number of nitrogens with one attached hydrogen (secondary N) is 1. The van der Waals surface area contributed by atoms with E-state index < -0.39 is 0 Å². The van der Waals surface area contributed by atoms with Gasteiger partial charge in [0.25, 0.3) is 5.91 Å². The molecule has 1 fully saturated rings. The smallest absolute Gasteiger partial charge is 0.251 e. The van der Waals surface area contributed by atoms with Crippen molar-refractivity contribution >= 4 is 11.8 Å². The van der Waals surface area contributed by atoms with Crippen molar-refractivity contribution in [2.45, 2.75) is 32.7 Å². The molecule has 1 aliphatic heterocycles. The SMILES string of the molecule is COCCN1C[C@H](Cc2cccc(C(=O)NC(C)C)c2)CC1=O. The lowest BCUT2D eigenvalue weighted by Gasteiger charge is -2.16. The number of hydrogen-bond donors (Lipinski definition) is 1. The predicted molar refractivity (Wildman–Crippen MR) is 89.3 cm³/mol. The lowest BCUT2D eigenvalue weighted by Crippen LogP contribution is -2.30. The second-order valence-electron chi connectivity index (χ2n) is 6.44. The van der Waals surface area contributed by atoms with Crippen molar-refractivity contribution in [3.8, 4) is 0 Å². The van der Waals surface area contributed by atoms with Gasteiger partial charge in [0.05, 0.1) is 6.61 Å². The van der Waals surface area contributed by atoms with Gasteiger partial charge < -0.3 is 15.0 Å². The van der Waals surface area contributed by atoms with E-state index in [-0.39, 0.29) is 17.9 Å². The first-order chi connectivity index (χ1) is 11.0. The fraction of sp³-hybridized carbons (Fsp3) is 0.556. The highest BCUT2D eigenvalue weighted by molar-refractivity contribution is 5.94. The summed E-state index contributed by atoms with van der Waals surface area (Å²) >= 11 is 0. The minimum atomic E-state index is -0.0499. The van der Waals surface area contributed by atoms with E-state index in [0.29, 0.717) is 31.1 Å². The monoisotopic (exact) mass is 318 g/mol. The normalized spacial score (nSPS) is 17.8. The van der Waals surface area contributed by atoms with Crippen LogP contribution in [0.5, 0.6) is 0 Å². The number of carbonyl (C=O) groups is 2. The fourth-order valence-corrected chi connectivity index (χ4v) is 2.93. The summed E-state index contributed by atoms with van der Waals surface area (Å²) in [5, 5.41) is 2.90. The summed E-state index contributed by atoms with van der Waals surface area (Å²) in [6.07, 6.45) is 1.39. The van der Waals surface area contributed by atoms with Crippen LogP contribution in [0.4, 0.5) is 0 Å². The lowest BCUT2D eigenvalue weighted by molar-refractivity contribution is -0.128. The first-order valence-corrected chi connectivity index (χ1v) is 8.16. The molecule has 5 heteroatoms. The lowest BCUT2D eigenvalue weighted by atomic mass is 9.97. The molecule has 0 bridgehead atoms. The number of benzene rings is 1. The number of amides is 2.